The van der Waals surface area contributed by atoms with Crippen molar-refractivity contribution in [2.24, 2.45) is 17.8 Å². The second-order valence-electron chi connectivity index (χ2n) is 7.40. The van der Waals surface area contributed by atoms with E-state index in [9.17, 15) is 5.11 Å². The van der Waals surface area contributed by atoms with Crippen LogP contribution in [0.1, 0.15) is 6.42 Å². The molecule has 116 valence electrons. The number of aliphatic hydroxyl groups excluding tert-OH is 1. The first-order valence-corrected chi connectivity index (χ1v) is 11.4. The van der Waals surface area contributed by atoms with Crippen LogP contribution in [0.4, 0.5) is 11.5 Å². The molecule has 0 radical (unpaired) electrons. The van der Waals surface area contributed by atoms with Gasteiger partial charge in [-0.2, -0.15) is 0 Å². The molecular formula is C14H23ClN4OSi. The van der Waals surface area contributed by atoms with Gasteiger partial charge in [-0.15, -0.1) is 0 Å². The molecule has 0 bridgehead atoms. The van der Waals surface area contributed by atoms with Gasteiger partial charge in [-0.05, 0) is 29.7 Å². The first kappa shape index (κ1) is 15.1. The maximum absolute atomic E-state index is 9.65. The van der Waals surface area contributed by atoms with Gasteiger partial charge in [0.15, 0.2) is 11.0 Å². The van der Waals surface area contributed by atoms with Crippen LogP contribution in [-0.4, -0.2) is 35.8 Å². The van der Waals surface area contributed by atoms with E-state index in [1.54, 1.807) is 0 Å². The van der Waals surface area contributed by atoms with Crippen molar-refractivity contribution >= 4 is 31.2 Å². The topological polar surface area (TPSA) is 84.1 Å². The number of nitrogens with one attached hydrogen (secondary N) is 1. The minimum Gasteiger partial charge on any atom is -0.396 e. The third-order valence-electron chi connectivity index (χ3n) is 5.09. The summed E-state index contributed by atoms with van der Waals surface area (Å²) in [4.78, 5) is 8.10. The zero-order valence-corrected chi connectivity index (χ0v) is 14.4. The van der Waals surface area contributed by atoms with Crippen molar-refractivity contribution in [2.75, 3.05) is 17.7 Å². The van der Waals surface area contributed by atoms with E-state index >= 15 is 0 Å². The first-order chi connectivity index (χ1) is 9.84. The Bertz CT molecular complexity index is 550. The molecule has 4 N–H and O–H groups in total. The van der Waals surface area contributed by atoms with Crippen LogP contribution >= 0.6 is 11.6 Å². The number of halogens is 1. The molecule has 2 saturated carbocycles. The van der Waals surface area contributed by atoms with Crippen molar-refractivity contribution in [1.29, 1.82) is 0 Å². The standard InChI is InChI=1S/C14H23ClN4OSi/c1-21(2,3)12-9-7(5-20)4-8(10(9)12)19-14-11(16)13(15)17-6-18-14/h6-10,12,20H,4-5,16H2,1-3H3,(H,17,18,19)/t7-,8-,9+,10+,12-/m1/s1. The molecule has 1 aromatic heterocycles. The van der Waals surface area contributed by atoms with Gasteiger partial charge < -0.3 is 16.2 Å². The Balaban J connectivity index is 1.79. The van der Waals surface area contributed by atoms with Crippen molar-refractivity contribution < 1.29 is 5.11 Å². The van der Waals surface area contributed by atoms with E-state index in [1.807, 2.05) is 0 Å². The lowest BCUT2D eigenvalue weighted by atomic mass is 10.0. The second kappa shape index (κ2) is 5.10. The summed E-state index contributed by atoms with van der Waals surface area (Å²) >= 11 is 5.95. The van der Waals surface area contributed by atoms with Gasteiger partial charge in [0.05, 0.1) is 0 Å². The van der Waals surface area contributed by atoms with E-state index in [-0.39, 0.29) is 6.61 Å². The van der Waals surface area contributed by atoms with Crippen LogP contribution in [0.15, 0.2) is 6.33 Å². The van der Waals surface area contributed by atoms with Gasteiger partial charge in [0, 0.05) is 20.7 Å². The lowest BCUT2D eigenvalue weighted by molar-refractivity contribution is 0.213. The summed E-state index contributed by atoms with van der Waals surface area (Å²) in [5.41, 5.74) is 7.13. The van der Waals surface area contributed by atoms with Gasteiger partial charge in [-0.25, -0.2) is 9.97 Å². The summed E-state index contributed by atoms with van der Waals surface area (Å²) < 4.78 is 0. The van der Waals surface area contributed by atoms with Crippen LogP contribution in [-0.2, 0) is 0 Å². The molecular weight excluding hydrogens is 304 g/mol. The molecule has 5 atom stereocenters. The van der Waals surface area contributed by atoms with Crippen molar-refractivity contribution in [3.63, 3.8) is 0 Å². The third kappa shape index (κ3) is 2.53. The lowest BCUT2D eigenvalue weighted by Gasteiger charge is -2.26. The summed E-state index contributed by atoms with van der Waals surface area (Å²) in [5.74, 6) is 2.33. The molecule has 1 aromatic rings. The Morgan fingerprint density at radius 1 is 1.38 bits per heavy atom. The molecule has 2 fully saturated rings. The van der Waals surface area contributed by atoms with Crippen molar-refractivity contribution in [3.05, 3.63) is 11.5 Å². The van der Waals surface area contributed by atoms with Crippen molar-refractivity contribution in [1.82, 2.24) is 9.97 Å². The van der Waals surface area contributed by atoms with E-state index in [2.05, 4.69) is 34.9 Å². The largest absolute Gasteiger partial charge is 0.396 e. The number of fused-ring (bicyclic) bond motifs is 1. The molecule has 5 nitrogen and oxygen atoms in total. The molecule has 2 aliphatic carbocycles. The van der Waals surface area contributed by atoms with Gasteiger partial charge in [0.1, 0.15) is 12.0 Å². The summed E-state index contributed by atoms with van der Waals surface area (Å²) in [5, 5.41) is 13.4. The molecule has 0 aromatic carbocycles. The minimum atomic E-state index is -1.20. The number of rotatable bonds is 4. The average Bonchev–Trinajstić information content (AvgIpc) is 3.07. The maximum atomic E-state index is 9.65. The van der Waals surface area contributed by atoms with Crippen molar-refractivity contribution in [3.8, 4) is 0 Å². The molecule has 7 heteroatoms. The predicted octanol–water partition coefficient (Wildman–Crippen LogP) is 2.46. The van der Waals surface area contributed by atoms with E-state index in [0.717, 1.165) is 12.0 Å². The molecule has 2 aliphatic rings. The van der Waals surface area contributed by atoms with Crippen molar-refractivity contribution in [2.45, 2.75) is 37.6 Å². The number of hydrogen-bond donors (Lipinski definition) is 3. The number of aromatic nitrogens is 2. The Kier molecular flexibility index (Phi) is 3.66. The molecule has 1 heterocycles. The molecule has 0 unspecified atom stereocenters. The Morgan fingerprint density at radius 3 is 2.71 bits per heavy atom. The lowest BCUT2D eigenvalue weighted by Crippen LogP contribution is -2.30. The molecule has 0 amide bonds. The summed E-state index contributed by atoms with van der Waals surface area (Å²) in [6, 6.07) is 0.331. The Labute approximate surface area is 131 Å². The van der Waals surface area contributed by atoms with Gasteiger partial charge >= 0.3 is 0 Å². The highest BCUT2D eigenvalue weighted by Gasteiger charge is 2.66. The maximum Gasteiger partial charge on any atom is 0.157 e. The number of anilines is 2. The highest BCUT2D eigenvalue weighted by Crippen LogP contribution is 2.68. The number of nitrogen functional groups attached to an aromatic ring is 1. The highest BCUT2D eigenvalue weighted by molar-refractivity contribution is 6.78. The fraction of sp³-hybridized carbons (Fsp3) is 0.714. The molecule has 21 heavy (non-hydrogen) atoms. The Hall–Kier alpha value is -0.853. The quantitative estimate of drug-likeness (QED) is 0.584. The third-order valence-corrected chi connectivity index (χ3v) is 8.16. The number of nitrogens with zero attached hydrogens (tertiary/aromatic N) is 2. The predicted molar refractivity (Wildman–Crippen MR) is 88.1 cm³/mol. The van der Waals surface area contributed by atoms with Crippen LogP contribution < -0.4 is 11.1 Å². The van der Waals surface area contributed by atoms with E-state index in [0.29, 0.717) is 40.5 Å². The van der Waals surface area contributed by atoms with Gasteiger partial charge in [0.25, 0.3) is 0 Å². The fourth-order valence-corrected chi connectivity index (χ4v) is 7.58. The van der Waals surface area contributed by atoms with E-state index in [4.69, 9.17) is 17.3 Å². The molecule has 0 saturated heterocycles. The SMILES string of the molecule is C[Si](C)(C)[C@@H]1[C@H]2[C@@H](CO)C[C@@H](Nc3ncnc(Cl)c3N)[C@@H]21. The summed E-state index contributed by atoms with van der Waals surface area (Å²) in [6.45, 7) is 7.52. The van der Waals surface area contributed by atoms with Crippen LogP contribution in [0.5, 0.6) is 0 Å². The number of hydrogen-bond acceptors (Lipinski definition) is 5. The smallest absolute Gasteiger partial charge is 0.157 e. The summed E-state index contributed by atoms with van der Waals surface area (Å²) in [6.07, 6.45) is 2.41. The Morgan fingerprint density at radius 2 is 2.10 bits per heavy atom. The van der Waals surface area contributed by atoms with Crippen LogP contribution in [0.3, 0.4) is 0 Å². The molecule has 0 aliphatic heterocycles. The van der Waals surface area contributed by atoms with Gasteiger partial charge in [0.2, 0.25) is 0 Å². The number of nitrogens with two attached hydrogens (primary N) is 1. The number of aliphatic hydroxyl groups is 1. The zero-order chi connectivity index (χ0) is 15.4. The van der Waals surface area contributed by atoms with Gasteiger partial charge in [-0.3, -0.25) is 0 Å². The van der Waals surface area contributed by atoms with E-state index in [1.165, 1.54) is 6.33 Å². The summed E-state index contributed by atoms with van der Waals surface area (Å²) in [7, 11) is -1.20. The van der Waals surface area contributed by atoms with E-state index < -0.39 is 8.07 Å². The van der Waals surface area contributed by atoms with Crippen LogP contribution in [0, 0.1) is 17.8 Å². The van der Waals surface area contributed by atoms with Crippen LogP contribution in [0.2, 0.25) is 30.3 Å². The van der Waals surface area contributed by atoms with Crippen LogP contribution in [0.25, 0.3) is 0 Å². The minimum absolute atomic E-state index is 0.278. The molecule has 0 spiro atoms. The zero-order valence-electron chi connectivity index (χ0n) is 12.7. The second-order valence-corrected chi connectivity index (χ2v) is 13.2. The van der Waals surface area contributed by atoms with Gasteiger partial charge in [-0.1, -0.05) is 31.2 Å². The monoisotopic (exact) mass is 326 g/mol. The average molecular weight is 327 g/mol. The highest BCUT2D eigenvalue weighted by atomic mass is 35.5. The normalized spacial score (nSPS) is 34.6. The fourth-order valence-electron chi connectivity index (χ4n) is 4.30. The molecule has 3 rings (SSSR count). The first-order valence-electron chi connectivity index (χ1n) is 7.48.